The number of aryl methyl sites for hydroxylation is 2. The molecule has 20 nitrogen and oxygen atoms in total. The number of nitrogens with zero attached hydrogens (tertiary/aromatic N) is 12. The van der Waals surface area contributed by atoms with Gasteiger partial charge in [0.1, 0.15) is 0 Å². The van der Waals surface area contributed by atoms with Crippen LogP contribution in [-0.4, -0.2) is 131 Å². The van der Waals surface area contributed by atoms with Crippen LogP contribution in [0.2, 0.25) is 0 Å². The number of nitrogens with two attached hydrogens (primary N) is 2. The predicted molar refractivity (Wildman–Crippen MR) is 270 cm³/mol. The van der Waals surface area contributed by atoms with Crippen LogP contribution in [0.25, 0.3) is 56.0 Å². The smallest absolute Gasteiger partial charge is 0.269 e. The molecule has 2 saturated heterocycles. The monoisotopic (exact) mass is 1020 g/mol. The first kappa shape index (κ1) is 51.9. The summed E-state index contributed by atoms with van der Waals surface area (Å²) in [6.07, 6.45) is 12.6. The van der Waals surface area contributed by atoms with E-state index in [1.54, 1.807) is 70.9 Å². The van der Waals surface area contributed by atoms with Gasteiger partial charge in [0, 0.05) is 100 Å². The molecule has 4 amide bonds. The molecule has 0 radical (unpaired) electrons. The minimum Gasteiger partial charge on any atom is -0.369 e. The number of rotatable bonds is 6. The van der Waals surface area contributed by atoms with Crippen LogP contribution in [0.1, 0.15) is 54.2 Å². The fourth-order valence-corrected chi connectivity index (χ4v) is 7.99. The number of likely N-dealkylation sites (tertiary alicyclic amines) is 2. The number of halogens is 1. The largest absolute Gasteiger partial charge is 0.369 e. The van der Waals surface area contributed by atoms with Crippen LogP contribution in [0, 0.1) is 24.2 Å². The lowest BCUT2D eigenvalue weighted by Crippen LogP contribution is -2.37. The van der Waals surface area contributed by atoms with E-state index in [-0.39, 0.29) is 38.6 Å². The Morgan fingerprint density at radius 1 is 0.676 bits per heavy atom. The van der Waals surface area contributed by atoms with Crippen molar-refractivity contribution in [2.75, 3.05) is 27.2 Å². The highest BCUT2D eigenvalue weighted by Gasteiger charge is 2.43. The van der Waals surface area contributed by atoms with Gasteiger partial charge in [0.25, 0.3) is 23.6 Å². The van der Waals surface area contributed by atoms with Crippen molar-refractivity contribution >= 4 is 61.6 Å². The van der Waals surface area contributed by atoms with Gasteiger partial charge in [-0.05, 0) is 60.7 Å². The van der Waals surface area contributed by atoms with Crippen molar-refractivity contribution in [2.45, 2.75) is 38.9 Å². The number of benzene rings is 2. The van der Waals surface area contributed by atoms with Crippen molar-refractivity contribution in [3.8, 4) is 58.1 Å². The van der Waals surface area contributed by atoms with Crippen LogP contribution in [0.3, 0.4) is 0 Å². The first-order chi connectivity index (χ1) is 32.9. The Kier molecular flexibility index (Phi) is 15.1. The van der Waals surface area contributed by atoms with Crippen molar-refractivity contribution in [1.29, 1.82) is 0 Å². The molecule has 0 aliphatic carbocycles. The fourth-order valence-electron chi connectivity index (χ4n) is 7.60. The molecule has 2 aliphatic rings. The number of amides is 4. The summed E-state index contributed by atoms with van der Waals surface area (Å²) in [7, 11) is 6.92. The number of aliphatic hydroxyl groups is 2. The third kappa shape index (κ3) is 10.4. The van der Waals surface area contributed by atoms with Crippen LogP contribution in [0.5, 0.6) is 0 Å². The summed E-state index contributed by atoms with van der Waals surface area (Å²) in [6, 6.07) is 22.0. The molecule has 0 saturated carbocycles. The number of carbonyl (C=O) groups is 4. The number of aromatic nitrogens is 10. The van der Waals surface area contributed by atoms with Gasteiger partial charge < -0.3 is 31.5 Å². The lowest BCUT2D eigenvalue weighted by atomic mass is 10.0. The Hall–Kier alpha value is -8.50. The molecule has 364 valence electrons. The number of primary amides is 2. The average Bonchev–Trinajstić information content (AvgIpc) is 4.21. The van der Waals surface area contributed by atoms with Crippen molar-refractivity contribution < 1.29 is 29.4 Å². The molecule has 2 fully saturated rings. The van der Waals surface area contributed by atoms with Crippen molar-refractivity contribution in [1.82, 2.24) is 58.9 Å². The van der Waals surface area contributed by atoms with Crippen LogP contribution >= 0.6 is 15.9 Å². The van der Waals surface area contributed by atoms with Gasteiger partial charge in [0.15, 0.2) is 22.7 Å². The van der Waals surface area contributed by atoms with E-state index in [1.807, 2.05) is 69.0 Å². The summed E-state index contributed by atoms with van der Waals surface area (Å²) in [4.78, 5) is 59.1. The second kappa shape index (κ2) is 20.6. The Morgan fingerprint density at radius 2 is 1.14 bits per heavy atom. The van der Waals surface area contributed by atoms with E-state index in [9.17, 15) is 29.4 Å². The molecule has 8 heterocycles. The normalized spacial score (nSPS) is 17.0. The minimum absolute atomic E-state index is 0. The maximum absolute atomic E-state index is 12.2. The number of likely N-dealkylation sites (N-methyl/N-ethyl adjacent to an activating group) is 2. The molecular weight excluding hydrogens is 973 g/mol. The van der Waals surface area contributed by atoms with Crippen LogP contribution in [0.4, 0.5) is 0 Å². The zero-order valence-electron chi connectivity index (χ0n) is 37.6. The van der Waals surface area contributed by atoms with Gasteiger partial charge in [0.2, 0.25) is 11.2 Å². The molecule has 0 spiro atoms. The Balaban J connectivity index is 0.000000195. The maximum atomic E-state index is 12.2. The van der Waals surface area contributed by atoms with E-state index in [2.05, 4.69) is 64.1 Å². The molecular formula is C50H51BrN14O6. The van der Waals surface area contributed by atoms with Crippen LogP contribution in [-0.2, 0) is 23.7 Å². The number of hydrogen-bond acceptors (Lipinski definition) is 12. The van der Waals surface area contributed by atoms with Gasteiger partial charge in [-0.25, -0.2) is 19.3 Å². The van der Waals surface area contributed by atoms with E-state index >= 15 is 0 Å². The molecule has 0 unspecified atom stereocenters. The third-order valence-electron chi connectivity index (χ3n) is 11.3. The van der Waals surface area contributed by atoms with Crippen molar-refractivity contribution in [2.24, 2.45) is 25.6 Å². The van der Waals surface area contributed by atoms with E-state index < -0.39 is 28.9 Å². The Morgan fingerprint density at radius 3 is 1.54 bits per heavy atom. The number of fused-ring (bicyclic) bond motifs is 2. The molecule has 10 rings (SSSR count). The van der Waals surface area contributed by atoms with Gasteiger partial charge >= 0.3 is 0 Å². The minimum atomic E-state index is -1.69. The highest BCUT2D eigenvalue weighted by molar-refractivity contribution is 9.10. The highest BCUT2D eigenvalue weighted by Crippen LogP contribution is 2.29. The summed E-state index contributed by atoms with van der Waals surface area (Å²) < 4.78 is 7.42. The standard InChI is InChI=1S/C24H21N7O3.C17H13BrN6O.C7H9NO2.2CH4/c1-29-11-9-24(34,23(29)33)8-6-15-4-3-5-17(12-15)31-22-18(20(28-31)21(25)32)13-16(14-26-22)19-7-10-30(2)27-19;1-23-6-5-14(21-23)10-7-13-15(16(19)25)22-24(17(13)20-9-10)12-4-2-3-11(18)8-12;1-3-7(10)4-5-8(2)6(7)9;;/h3-5,7,10,12-14,34H,9,11H2,1-2H3,(H2,25,32);2-9H,1H3,(H2,19,25);1,10H,4-5H2,2H3;2*1H4/t24-;;7-;;/m0.0../s1. The lowest BCUT2D eigenvalue weighted by molar-refractivity contribution is -0.138. The van der Waals surface area contributed by atoms with Crippen LogP contribution < -0.4 is 11.5 Å². The average molecular weight is 1020 g/mol. The molecule has 21 heteroatoms. The summed E-state index contributed by atoms with van der Waals surface area (Å²) in [5.41, 5.74) is 14.2. The molecule has 2 atom stereocenters. The van der Waals surface area contributed by atoms with Crippen molar-refractivity contribution in [3.05, 3.63) is 119 Å². The lowest BCUT2D eigenvalue weighted by Gasteiger charge is -2.13. The molecule has 8 aromatic rings. The van der Waals surface area contributed by atoms with E-state index in [4.69, 9.17) is 17.9 Å². The fraction of sp³-hybridized carbons (Fsp3) is 0.240. The second-order valence-corrected chi connectivity index (χ2v) is 17.2. The predicted octanol–water partition coefficient (Wildman–Crippen LogP) is 4.03. The van der Waals surface area contributed by atoms with Gasteiger partial charge in [-0.15, -0.1) is 6.42 Å². The number of carbonyl (C=O) groups excluding carboxylic acids is 4. The number of pyridine rings is 2. The second-order valence-electron chi connectivity index (χ2n) is 16.3. The summed E-state index contributed by atoms with van der Waals surface area (Å²) in [5, 5.41) is 38.5. The van der Waals surface area contributed by atoms with E-state index in [0.29, 0.717) is 58.5 Å². The third-order valence-corrected chi connectivity index (χ3v) is 11.8. The maximum Gasteiger partial charge on any atom is 0.269 e. The van der Waals surface area contributed by atoms with Crippen LogP contribution in [0.15, 0.2) is 102 Å². The Bertz CT molecular complexity index is 3470. The zero-order valence-corrected chi connectivity index (χ0v) is 39.2. The van der Waals surface area contributed by atoms with Crippen molar-refractivity contribution in [3.63, 3.8) is 0 Å². The first-order valence-corrected chi connectivity index (χ1v) is 21.9. The molecule has 2 aromatic carbocycles. The Labute approximate surface area is 417 Å². The highest BCUT2D eigenvalue weighted by atomic mass is 79.9. The topological polar surface area (TPSA) is 264 Å². The molecule has 71 heavy (non-hydrogen) atoms. The van der Waals surface area contributed by atoms with Gasteiger partial charge in [-0.3, -0.25) is 28.5 Å². The summed E-state index contributed by atoms with van der Waals surface area (Å²) >= 11 is 3.44. The van der Waals surface area contributed by atoms with Gasteiger partial charge in [0.05, 0.1) is 33.5 Å². The van der Waals surface area contributed by atoms with Gasteiger partial charge in [-0.2, -0.15) is 20.4 Å². The SMILES string of the molecule is C.C.C#C[C@]1(O)CCN(C)C1=O.CN1CC[C@@](O)(C#Cc2cccc(-n3nc(C(N)=O)c4cc(-c5ccn(C)n5)cnc43)c2)C1=O.Cn1ccc(-c2cnc3c(c2)c(C(N)=O)nn3-c2cccc(Br)c2)n1. The molecule has 2 aliphatic heterocycles. The summed E-state index contributed by atoms with van der Waals surface area (Å²) in [6.45, 7) is 0.991. The number of terminal acetylenes is 1. The molecule has 6 N–H and O–H groups in total. The molecule has 0 bridgehead atoms. The summed E-state index contributed by atoms with van der Waals surface area (Å²) in [5.74, 6) is 5.63. The van der Waals surface area contributed by atoms with E-state index in [0.717, 1.165) is 27.0 Å². The zero-order chi connectivity index (χ0) is 49.4. The quantitative estimate of drug-likeness (QED) is 0.172. The van der Waals surface area contributed by atoms with E-state index in [1.165, 1.54) is 14.5 Å². The molecule has 6 aromatic heterocycles. The van der Waals surface area contributed by atoms with Gasteiger partial charge in [-0.1, -0.05) is 60.7 Å². The first-order valence-electron chi connectivity index (χ1n) is 21.1. The number of hydrogen-bond donors (Lipinski definition) is 4.